The molecular formula is C14H18N4. The number of anilines is 2. The first kappa shape index (κ1) is 11.1. The average molecular weight is 242 g/mol. The van der Waals surface area contributed by atoms with Crippen molar-refractivity contribution in [1.82, 2.24) is 9.97 Å². The smallest absolute Gasteiger partial charge is 0.0922 e. The third kappa shape index (κ3) is 2.47. The van der Waals surface area contributed by atoms with E-state index in [1.807, 2.05) is 6.20 Å². The molecule has 2 N–H and O–H groups in total. The van der Waals surface area contributed by atoms with E-state index >= 15 is 0 Å². The number of rotatable bonds is 4. The van der Waals surface area contributed by atoms with Gasteiger partial charge in [0.1, 0.15) is 0 Å². The molecule has 1 aliphatic heterocycles. The number of aromatic amines is 1. The van der Waals surface area contributed by atoms with Gasteiger partial charge < -0.3 is 15.2 Å². The quantitative estimate of drug-likeness (QED) is 0.866. The van der Waals surface area contributed by atoms with E-state index < -0.39 is 0 Å². The Labute approximate surface area is 107 Å². The second kappa shape index (κ2) is 5.12. The highest BCUT2D eigenvalue weighted by Gasteiger charge is 2.11. The van der Waals surface area contributed by atoms with E-state index in [2.05, 4.69) is 44.5 Å². The minimum atomic E-state index is 0.781. The molecule has 0 bridgehead atoms. The van der Waals surface area contributed by atoms with Gasteiger partial charge in [0.25, 0.3) is 0 Å². The zero-order valence-electron chi connectivity index (χ0n) is 10.4. The Bertz CT molecular complexity index is 469. The molecule has 1 aromatic heterocycles. The second-order valence-corrected chi connectivity index (χ2v) is 4.67. The summed E-state index contributed by atoms with van der Waals surface area (Å²) in [5, 5.41) is 3.38. The third-order valence-corrected chi connectivity index (χ3v) is 3.38. The zero-order valence-corrected chi connectivity index (χ0v) is 10.4. The monoisotopic (exact) mass is 242 g/mol. The number of hydrogen-bond acceptors (Lipinski definition) is 3. The maximum atomic E-state index is 4.00. The molecule has 4 heteroatoms. The molecular weight excluding hydrogens is 224 g/mol. The van der Waals surface area contributed by atoms with Crippen molar-refractivity contribution >= 4 is 11.4 Å². The summed E-state index contributed by atoms with van der Waals surface area (Å²) in [6.07, 6.45) is 6.18. The highest BCUT2D eigenvalue weighted by Crippen LogP contribution is 2.22. The van der Waals surface area contributed by atoms with Crippen LogP contribution in [0.2, 0.25) is 0 Å². The van der Waals surface area contributed by atoms with Crippen LogP contribution in [0.25, 0.3) is 0 Å². The molecule has 0 radical (unpaired) electrons. The fourth-order valence-corrected chi connectivity index (χ4v) is 2.34. The fourth-order valence-electron chi connectivity index (χ4n) is 2.34. The minimum absolute atomic E-state index is 0.781. The first-order valence-electron chi connectivity index (χ1n) is 6.48. The molecule has 2 aromatic rings. The van der Waals surface area contributed by atoms with Gasteiger partial charge in [-0.2, -0.15) is 0 Å². The lowest BCUT2D eigenvalue weighted by atomic mass is 10.2. The summed E-state index contributed by atoms with van der Waals surface area (Å²) in [6.45, 7) is 3.17. The van der Waals surface area contributed by atoms with Crippen LogP contribution in [-0.2, 0) is 6.54 Å². The van der Waals surface area contributed by atoms with Gasteiger partial charge in [0.2, 0.25) is 0 Å². The SMILES string of the molecule is c1ncc(CNc2ccc(N3CCCC3)cc2)[nH]1. The van der Waals surface area contributed by atoms with Crippen molar-refractivity contribution in [1.29, 1.82) is 0 Å². The van der Waals surface area contributed by atoms with Crippen LogP contribution in [0.15, 0.2) is 36.8 Å². The molecule has 0 atom stereocenters. The van der Waals surface area contributed by atoms with Crippen LogP contribution in [0.5, 0.6) is 0 Å². The van der Waals surface area contributed by atoms with Crippen LogP contribution < -0.4 is 10.2 Å². The molecule has 0 spiro atoms. The highest BCUT2D eigenvalue weighted by molar-refractivity contribution is 5.55. The molecule has 0 aliphatic carbocycles. The molecule has 1 aromatic carbocycles. The van der Waals surface area contributed by atoms with Gasteiger partial charge in [-0.3, -0.25) is 0 Å². The van der Waals surface area contributed by atoms with Crippen LogP contribution in [0.4, 0.5) is 11.4 Å². The maximum absolute atomic E-state index is 4.00. The number of nitrogens with zero attached hydrogens (tertiary/aromatic N) is 2. The van der Waals surface area contributed by atoms with Crippen molar-refractivity contribution < 1.29 is 0 Å². The van der Waals surface area contributed by atoms with Crippen molar-refractivity contribution in [3.05, 3.63) is 42.5 Å². The fraction of sp³-hybridized carbons (Fsp3) is 0.357. The molecule has 0 amide bonds. The van der Waals surface area contributed by atoms with Crippen LogP contribution in [0.3, 0.4) is 0 Å². The summed E-state index contributed by atoms with van der Waals surface area (Å²) < 4.78 is 0. The lowest BCUT2D eigenvalue weighted by molar-refractivity contribution is 0.949. The summed E-state index contributed by atoms with van der Waals surface area (Å²) in [5.74, 6) is 0. The Balaban J connectivity index is 1.60. The van der Waals surface area contributed by atoms with E-state index in [1.165, 1.54) is 31.6 Å². The summed E-state index contributed by atoms with van der Waals surface area (Å²) in [7, 11) is 0. The van der Waals surface area contributed by atoms with Crippen molar-refractivity contribution in [2.75, 3.05) is 23.3 Å². The van der Waals surface area contributed by atoms with Crippen LogP contribution in [0, 0.1) is 0 Å². The second-order valence-electron chi connectivity index (χ2n) is 4.67. The molecule has 1 fully saturated rings. The molecule has 2 heterocycles. The standard InChI is InChI=1S/C14H18N4/c1-2-8-18(7-1)14-5-3-12(4-6-14)16-10-13-9-15-11-17-13/h3-6,9,11,16H,1-2,7-8,10H2,(H,15,17). The van der Waals surface area contributed by atoms with Gasteiger partial charge in [-0.25, -0.2) is 4.98 Å². The molecule has 1 saturated heterocycles. The molecule has 1 aliphatic rings. The van der Waals surface area contributed by atoms with Crippen LogP contribution in [0.1, 0.15) is 18.5 Å². The van der Waals surface area contributed by atoms with Gasteiger partial charge in [-0.15, -0.1) is 0 Å². The van der Waals surface area contributed by atoms with E-state index in [0.717, 1.165) is 17.9 Å². The maximum Gasteiger partial charge on any atom is 0.0922 e. The largest absolute Gasteiger partial charge is 0.379 e. The predicted molar refractivity (Wildman–Crippen MR) is 73.8 cm³/mol. The minimum Gasteiger partial charge on any atom is -0.379 e. The molecule has 4 nitrogen and oxygen atoms in total. The number of nitrogens with one attached hydrogen (secondary N) is 2. The Morgan fingerprint density at radius 2 is 1.94 bits per heavy atom. The van der Waals surface area contributed by atoms with Gasteiger partial charge in [0.15, 0.2) is 0 Å². The lowest BCUT2D eigenvalue weighted by Crippen LogP contribution is -2.17. The lowest BCUT2D eigenvalue weighted by Gasteiger charge is -2.17. The summed E-state index contributed by atoms with van der Waals surface area (Å²) >= 11 is 0. The topological polar surface area (TPSA) is 44.0 Å². The van der Waals surface area contributed by atoms with Crippen LogP contribution in [-0.4, -0.2) is 23.1 Å². The summed E-state index contributed by atoms with van der Waals surface area (Å²) in [5.41, 5.74) is 3.57. The van der Waals surface area contributed by atoms with Crippen molar-refractivity contribution in [2.45, 2.75) is 19.4 Å². The third-order valence-electron chi connectivity index (χ3n) is 3.38. The number of benzene rings is 1. The first-order valence-corrected chi connectivity index (χ1v) is 6.48. The Morgan fingerprint density at radius 1 is 1.17 bits per heavy atom. The Morgan fingerprint density at radius 3 is 2.61 bits per heavy atom. The number of hydrogen-bond donors (Lipinski definition) is 2. The van der Waals surface area contributed by atoms with Gasteiger partial charge in [0.05, 0.1) is 18.6 Å². The summed E-state index contributed by atoms with van der Waals surface area (Å²) in [4.78, 5) is 9.52. The molecule has 94 valence electrons. The molecule has 3 rings (SSSR count). The Hall–Kier alpha value is -1.97. The van der Waals surface area contributed by atoms with Gasteiger partial charge in [-0.1, -0.05) is 0 Å². The van der Waals surface area contributed by atoms with Crippen molar-refractivity contribution in [3.8, 4) is 0 Å². The van der Waals surface area contributed by atoms with E-state index in [0.29, 0.717) is 0 Å². The van der Waals surface area contributed by atoms with Crippen molar-refractivity contribution in [3.63, 3.8) is 0 Å². The number of imidazole rings is 1. The van der Waals surface area contributed by atoms with E-state index in [1.54, 1.807) is 6.33 Å². The highest BCUT2D eigenvalue weighted by atomic mass is 15.1. The average Bonchev–Trinajstić information content (AvgIpc) is 3.10. The first-order chi connectivity index (χ1) is 8.92. The summed E-state index contributed by atoms with van der Waals surface area (Å²) in [6, 6.07) is 8.68. The van der Waals surface area contributed by atoms with Gasteiger partial charge >= 0.3 is 0 Å². The van der Waals surface area contributed by atoms with E-state index in [4.69, 9.17) is 0 Å². The number of aromatic nitrogens is 2. The predicted octanol–water partition coefficient (Wildman–Crippen LogP) is 2.62. The van der Waals surface area contributed by atoms with Gasteiger partial charge in [-0.05, 0) is 37.1 Å². The molecule has 0 unspecified atom stereocenters. The van der Waals surface area contributed by atoms with Crippen molar-refractivity contribution in [2.24, 2.45) is 0 Å². The van der Waals surface area contributed by atoms with E-state index in [-0.39, 0.29) is 0 Å². The van der Waals surface area contributed by atoms with E-state index in [9.17, 15) is 0 Å². The molecule has 0 saturated carbocycles. The van der Waals surface area contributed by atoms with Gasteiger partial charge in [0, 0.05) is 30.7 Å². The Kier molecular flexibility index (Phi) is 3.17. The normalized spacial score (nSPS) is 15.0. The number of H-pyrrole nitrogens is 1. The zero-order chi connectivity index (χ0) is 12.2. The molecule has 18 heavy (non-hydrogen) atoms. The van der Waals surface area contributed by atoms with Crippen LogP contribution >= 0.6 is 0 Å².